The molecule has 2 aliphatic rings. The van der Waals surface area contributed by atoms with E-state index in [1.807, 2.05) is 53.8 Å². The summed E-state index contributed by atoms with van der Waals surface area (Å²) in [6, 6.07) is 18.4. The van der Waals surface area contributed by atoms with Gasteiger partial charge >= 0.3 is 0 Å². The number of rotatable bonds is 5. The number of carbonyl (C=O) groups excluding carboxylic acids is 1. The van der Waals surface area contributed by atoms with Gasteiger partial charge in [-0.05, 0) is 37.0 Å². The molecule has 0 radical (unpaired) electrons. The smallest absolute Gasteiger partial charge is 0.227 e. The van der Waals surface area contributed by atoms with Crippen molar-refractivity contribution >= 4 is 21.4 Å². The van der Waals surface area contributed by atoms with Crippen LogP contribution < -0.4 is 4.90 Å². The van der Waals surface area contributed by atoms with Crippen molar-refractivity contribution in [1.82, 2.24) is 14.7 Å². The van der Waals surface area contributed by atoms with Crippen LogP contribution in [-0.2, 0) is 21.1 Å². The zero-order valence-electron chi connectivity index (χ0n) is 20.4. The Kier molecular flexibility index (Phi) is 6.40. The van der Waals surface area contributed by atoms with Gasteiger partial charge in [0.05, 0.1) is 41.0 Å². The van der Waals surface area contributed by atoms with Gasteiger partial charge < -0.3 is 9.80 Å². The van der Waals surface area contributed by atoms with Crippen molar-refractivity contribution in [2.75, 3.05) is 42.6 Å². The van der Waals surface area contributed by atoms with Gasteiger partial charge in [-0.2, -0.15) is 5.10 Å². The Bertz CT molecular complexity index is 1310. The molecular formula is C27H32N4O3S. The molecule has 2 saturated heterocycles. The number of amides is 1. The summed E-state index contributed by atoms with van der Waals surface area (Å²) in [7, 11) is -2.97. The second-order valence-electron chi connectivity index (χ2n) is 9.63. The molecule has 1 unspecified atom stereocenters. The lowest BCUT2D eigenvalue weighted by molar-refractivity contribution is -0.130. The number of aromatic nitrogens is 2. The molecule has 1 aromatic heterocycles. The van der Waals surface area contributed by atoms with E-state index in [0.717, 1.165) is 41.3 Å². The average Bonchev–Trinajstić information content (AvgIpc) is 3.37. The van der Waals surface area contributed by atoms with Gasteiger partial charge in [-0.25, -0.2) is 8.42 Å². The van der Waals surface area contributed by atoms with E-state index in [-0.39, 0.29) is 23.5 Å². The first-order valence-corrected chi connectivity index (χ1v) is 14.1. The summed E-state index contributed by atoms with van der Waals surface area (Å²) in [4.78, 5) is 17.2. The molecule has 7 nitrogen and oxygen atoms in total. The van der Waals surface area contributed by atoms with E-state index in [1.165, 1.54) is 5.56 Å². The molecule has 0 saturated carbocycles. The van der Waals surface area contributed by atoms with E-state index < -0.39 is 9.84 Å². The molecule has 3 aromatic rings. The summed E-state index contributed by atoms with van der Waals surface area (Å²) in [6.07, 6.45) is 1.03. The van der Waals surface area contributed by atoms with E-state index in [2.05, 4.69) is 29.2 Å². The van der Waals surface area contributed by atoms with E-state index in [9.17, 15) is 13.2 Å². The number of piperazine rings is 1. The van der Waals surface area contributed by atoms with Crippen molar-refractivity contribution < 1.29 is 13.2 Å². The van der Waals surface area contributed by atoms with Crippen LogP contribution in [0, 0.1) is 13.8 Å². The number of aryl methyl sites for hydroxylation is 1. The fourth-order valence-corrected chi connectivity index (χ4v) is 7.04. The molecule has 2 fully saturated rings. The maximum absolute atomic E-state index is 13.0. The van der Waals surface area contributed by atoms with Crippen LogP contribution in [0.25, 0.3) is 11.1 Å². The zero-order chi connectivity index (χ0) is 24.6. The van der Waals surface area contributed by atoms with E-state index in [1.54, 1.807) is 0 Å². The monoisotopic (exact) mass is 492 g/mol. The molecule has 35 heavy (non-hydrogen) atoms. The second-order valence-corrected chi connectivity index (χ2v) is 11.9. The van der Waals surface area contributed by atoms with Crippen LogP contribution in [0.1, 0.15) is 29.4 Å². The maximum atomic E-state index is 13.0. The Hall–Kier alpha value is -3.13. The number of nitrogens with zero attached hydrogens (tertiary/aromatic N) is 4. The number of carbonyl (C=O) groups is 1. The molecule has 1 amide bonds. The maximum Gasteiger partial charge on any atom is 0.227 e. The first-order chi connectivity index (χ1) is 16.8. The Morgan fingerprint density at radius 3 is 2.23 bits per heavy atom. The van der Waals surface area contributed by atoms with Crippen LogP contribution in [0.4, 0.5) is 5.69 Å². The number of hydrogen-bond acceptors (Lipinski definition) is 5. The molecule has 1 atom stereocenters. The van der Waals surface area contributed by atoms with Crippen LogP contribution >= 0.6 is 0 Å². The molecule has 184 valence electrons. The van der Waals surface area contributed by atoms with Crippen molar-refractivity contribution in [2.45, 2.75) is 32.7 Å². The quantitative estimate of drug-likeness (QED) is 0.546. The lowest BCUT2D eigenvalue weighted by Gasteiger charge is -2.36. The number of anilines is 1. The molecule has 8 heteroatoms. The molecule has 0 bridgehead atoms. The fraction of sp³-hybridized carbons (Fsp3) is 0.407. The molecule has 0 spiro atoms. The number of benzene rings is 2. The minimum Gasteiger partial charge on any atom is -0.365 e. The van der Waals surface area contributed by atoms with Crippen molar-refractivity contribution in [2.24, 2.45) is 0 Å². The highest BCUT2D eigenvalue weighted by molar-refractivity contribution is 7.91. The van der Waals surface area contributed by atoms with Gasteiger partial charge in [0.15, 0.2) is 9.84 Å². The lowest BCUT2D eigenvalue weighted by Crippen LogP contribution is -2.49. The minimum atomic E-state index is -2.97. The van der Waals surface area contributed by atoms with Crippen LogP contribution in [0.15, 0.2) is 54.6 Å². The minimum absolute atomic E-state index is 0.0800. The van der Waals surface area contributed by atoms with Gasteiger partial charge in [-0.1, -0.05) is 54.6 Å². The molecule has 2 aromatic carbocycles. The highest BCUT2D eigenvalue weighted by atomic mass is 32.2. The van der Waals surface area contributed by atoms with Gasteiger partial charge in [0, 0.05) is 26.2 Å². The van der Waals surface area contributed by atoms with Gasteiger partial charge in [-0.15, -0.1) is 0 Å². The molecule has 5 rings (SSSR count). The predicted molar refractivity (Wildman–Crippen MR) is 138 cm³/mol. The van der Waals surface area contributed by atoms with Gasteiger partial charge in [0.25, 0.3) is 0 Å². The van der Waals surface area contributed by atoms with E-state index in [4.69, 9.17) is 5.10 Å². The highest BCUT2D eigenvalue weighted by Gasteiger charge is 2.33. The predicted octanol–water partition coefficient (Wildman–Crippen LogP) is 3.42. The molecule has 0 aliphatic carbocycles. The topological polar surface area (TPSA) is 75.5 Å². The second kappa shape index (κ2) is 9.49. The third kappa shape index (κ3) is 4.98. The average molecular weight is 493 g/mol. The Balaban J connectivity index is 1.20. The third-order valence-corrected chi connectivity index (χ3v) is 8.96. The highest BCUT2D eigenvalue weighted by Crippen LogP contribution is 2.31. The molecule has 3 heterocycles. The normalized spacial score (nSPS) is 19.8. The first-order valence-electron chi connectivity index (χ1n) is 12.2. The van der Waals surface area contributed by atoms with Crippen molar-refractivity contribution in [1.29, 1.82) is 0 Å². The number of sulfone groups is 1. The van der Waals surface area contributed by atoms with Crippen molar-refractivity contribution in [3.63, 3.8) is 0 Å². The van der Waals surface area contributed by atoms with Gasteiger partial charge in [-0.3, -0.25) is 9.48 Å². The van der Waals surface area contributed by atoms with Crippen LogP contribution in [0.3, 0.4) is 0 Å². The fourth-order valence-electron chi connectivity index (χ4n) is 5.35. The summed E-state index contributed by atoms with van der Waals surface area (Å²) >= 11 is 0. The summed E-state index contributed by atoms with van der Waals surface area (Å²) in [5, 5.41) is 4.70. The number of hydrogen-bond donors (Lipinski definition) is 0. The Morgan fingerprint density at radius 2 is 1.60 bits per heavy atom. The SMILES string of the molecule is Cc1nn(C2CCS(=O)(=O)C2)c(C)c1N1CCN(C(=O)Cc2ccc(-c3ccccc3)cc2)CC1. The summed E-state index contributed by atoms with van der Waals surface area (Å²) in [5.74, 6) is 0.557. The van der Waals surface area contributed by atoms with E-state index >= 15 is 0 Å². The Morgan fingerprint density at radius 1 is 0.943 bits per heavy atom. The molecule has 0 N–H and O–H groups in total. The van der Waals surface area contributed by atoms with Crippen LogP contribution in [-0.4, -0.2) is 66.7 Å². The van der Waals surface area contributed by atoms with Crippen LogP contribution in [0.5, 0.6) is 0 Å². The largest absolute Gasteiger partial charge is 0.365 e. The standard InChI is InChI=1S/C27H32N4O3S/c1-20-27(21(2)31(28-20)25-12-17-35(33,34)19-25)30-15-13-29(14-16-30)26(32)18-22-8-10-24(11-9-22)23-6-4-3-5-7-23/h3-11,25H,12-19H2,1-2H3. The van der Waals surface area contributed by atoms with Gasteiger partial charge in [0.1, 0.15) is 0 Å². The first kappa shape index (κ1) is 23.6. The lowest BCUT2D eigenvalue weighted by atomic mass is 10.0. The van der Waals surface area contributed by atoms with E-state index in [0.29, 0.717) is 25.9 Å². The molecule has 2 aliphatic heterocycles. The van der Waals surface area contributed by atoms with Gasteiger partial charge in [0.2, 0.25) is 5.91 Å². The van der Waals surface area contributed by atoms with Crippen LogP contribution in [0.2, 0.25) is 0 Å². The zero-order valence-corrected chi connectivity index (χ0v) is 21.2. The summed E-state index contributed by atoms with van der Waals surface area (Å²) in [6.45, 7) is 6.84. The molecular weight excluding hydrogens is 460 g/mol. The summed E-state index contributed by atoms with van der Waals surface area (Å²) < 4.78 is 25.8. The van der Waals surface area contributed by atoms with Crippen molar-refractivity contribution in [3.05, 3.63) is 71.5 Å². The third-order valence-electron chi connectivity index (χ3n) is 7.21. The summed E-state index contributed by atoms with van der Waals surface area (Å²) in [5.41, 5.74) is 6.37. The Labute approximate surface area is 207 Å². The van der Waals surface area contributed by atoms with Crippen molar-refractivity contribution in [3.8, 4) is 11.1 Å².